The van der Waals surface area contributed by atoms with E-state index in [4.69, 9.17) is 0 Å². The molecule has 2 heteroatoms. The summed E-state index contributed by atoms with van der Waals surface area (Å²) in [6.07, 6.45) is 1.80. The van der Waals surface area contributed by atoms with E-state index in [1.807, 2.05) is 6.92 Å². The maximum Gasteiger partial charge on any atom is 0.230 e. The monoisotopic (exact) mass is 153 g/mol. The van der Waals surface area contributed by atoms with Crippen LogP contribution in [0.15, 0.2) is 12.3 Å². The van der Waals surface area contributed by atoms with Gasteiger partial charge in [-0.1, -0.05) is 13.5 Å². The standard InChI is InChI=1S/C9H15NO/c1-4-8-6-7(3)10(5-2)9(8)11/h8H,3-6H2,1-2H3. The zero-order valence-electron chi connectivity index (χ0n) is 7.26. The van der Waals surface area contributed by atoms with Gasteiger partial charge in [0, 0.05) is 18.2 Å². The Morgan fingerprint density at radius 3 is 2.55 bits per heavy atom. The van der Waals surface area contributed by atoms with E-state index in [1.54, 1.807) is 4.90 Å². The normalized spacial score (nSPS) is 24.9. The molecular formula is C9H15NO. The van der Waals surface area contributed by atoms with Crippen molar-refractivity contribution in [2.24, 2.45) is 5.92 Å². The number of carbonyl (C=O) groups excluding carboxylic acids is 1. The molecule has 62 valence electrons. The lowest BCUT2D eigenvalue weighted by Gasteiger charge is -2.13. The molecule has 0 aromatic heterocycles. The number of hydrogen-bond donors (Lipinski definition) is 0. The van der Waals surface area contributed by atoms with Crippen molar-refractivity contribution >= 4 is 5.91 Å². The lowest BCUT2D eigenvalue weighted by Crippen LogP contribution is -2.25. The predicted molar refractivity (Wildman–Crippen MR) is 44.9 cm³/mol. The molecule has 0 bridgehead atoms. The van der Waals surface area contributed by atoms with Gasteiger partial charge in [0.25, 0.3) is 0 Å². The van der Waals surface area contributed by atoms with Gasteiger partial charge in [-0.05, 0) is 19.8 Å². The minimum atomic E-state index is 0.211. The Kier molecular flexibility index (Phi) is 2.32. The van der Waals surface area contributed by atoms with E-state index in [2.05, 4.69) is 13.5 Å². The molecule has 1 heterocycles. The van der Waals surface area contributed by atoms with Crippen LogP contribution >= 0.6 is 0 Å². The predicted octanol–water partition coefficient (Wildman–Crippen LogP) is 1.78. The Morgan fingerprint density at radius 2 is 2.27 bits per heavy atom. The Bertz CT molecular complexity index is 186. The summed E-state index contributed by atoms with van der Waals surface area (Å²) >= 11 is 0. The highest BCUT2D eigenvalue weighted by Crippen LogP contribution is 2.27. The van der Waals surface area contributed by atoms with Crippen LogP contribution < -0.4 is 0 Å². The minimum Gasteiger partial charge on any atom is -0.317 e. The van der Waals surface area contributed by atoms with Crippen LogP contribution in [0.1, 0.15) is 26.7 Å². The first-order valence-corrected chi connectivity index (χ1v) is 4.19. The number of rotatable bonds is 2. The number of carbonyl (C=O) groups is 1. The molecule has 1 aliphatic heterocycles. The third-order valence-electron chi connectivity index (χ3n) is 2.29. The van der Waals surface area contributed by atoms with Gasteiger partial charge in [-0.3, -0.25) is 4.79 Å². The maximum atomic E-state index is 11.4. The highest BCUT2D eigenvalue weighted by molar-refractivity contribution is 5.83. The van der Waals surface area contributed by atoms with Crippen molar-refractivity contribution in [3.05, 3.63) is 12.3 Å². The van der Waals surface area contributed by atoms with Crippen LogP contribution in [-0.4, -0.2) is 17.4 Å². The minimum absolute atomic E-state index is 0.211. The largest absolute Gasteiger partial charge is 0.317 e. The van der Waals surface area contributed by atoms with Gasteiger partial charge in [-0.25, -0.2) is 0 Å². The van der Waals surface area contributed by atoms with E-state index in [1.165, 1.54) is 0 Å². The quantitative estimate of drug-likeness (QED) is 0.592. The average molecular weight is 153 g/mol. The molecule has 0 saturated carbocycles. The first-order valence-electron chi connectivity index (χ1n) is 4.19. The van der Waals surface area contributed by atoms with Gasteiger partial charge >= 0.3 is 0 Å². The van der Waals surface area contributed by atoms with E-state index < -0.39 is 0 Å². The van der Waals surface area contributed by atoms with Crippen molar-refractivity contribution in [3.8, 4) is 0 Å². The third kappa shape index (κ3) is 1.30. The average Bonchev–Trinajstić information content (AvgIpc) is 2.26. The van der Waals surface area contributed by atoms with Gasteiger partial charge in [0.1, 0.15) is 0 Å². The lowest BCUT2D eigenvalue weighted by atomic mass is 10.1. The number of hydrogen-bond acceptors (Lipinski definition) is 1. The molecule has 1 saturated heterocycles. The van der Waals surface area contributed by atoms with Crippen LogP contribution in [0.5, 0.6) is 0 Å². The van der Waals surface area contributed by atoms with Gasteiger partial charge < -0.3 is 4.90 Å². The number of allylic oxidation sites excluding steroid dienone is 1. The summed E-state index contributed by atoms with van der Waals surface area (Å²) in [6.45, 7) is 8.67. The molecule has 0 spiro atoms. The van der Waals surface area contributed by atoms with Crippen molar-refractivity contribution in [2.75, 3.05) is 6.54 Å². The van der Waals surface area contributed by atoms with Crippen molar-refractivity contribution in [1.29, 1.82) is 0 Å². The van der Waals surface area contributed by atoms with E-state index in [9.17, 15) is 4.79 Å². The topological polar surface area (TPSA) is 20.3 Å². The summed E-state index contributed by atoms with van der Waals surface area (Å²) < 4.78 is 0. The van der Waals surface area contributed by atoms with Crippen molar-refractivity contribution in [2.45, 2.75) is 26.7 Å². The van der Waals surface area contributed by atoms with Gasteiger partial charge in [0.2, 0.25) is 5.91 Å². The van der Waals surface area contributed by atoms with Gasteiger partial charge in [0.15, 0.2) is 0 Å². The Hall–Kier alpha value is -0.790. The Balaban J connectivity index is 2.71. The molecule has 1 rings (SSSR count). The molecular weight excluding hydrogens is 138 g/mol. The Labute approximate surface area is 67.9 Å². The van der Waals surface area contributed by atoms with Crippen molar-refractivity contribution in [3.63, 3.8) is 0 Å². The third-order valence-corrected chi connectivity index (χ3v) is 2.29. The number of nitrogens with zero attached hydrogens (tertiary/aromatic N) is 1. The van der Waals surface area contributed by atoms with Gasteiger partial charge in [-0.2, -0.15) is 0 Å². The van der Waals surface area contributed by atoms with E-state index in [0.29, 0.717) is 0 Å². The van der Waals surface area contributed by atoms with E-state index in [-0.39, 0.29) is 11.8 Å². The second-order valence-electron chi connectivity index (χ2n) is 2.96. The molecule has 0 radical (unpaired) electrons. The smallest absolute Gasteiger partial charge is 0.230 e. The molecule has 1 unspecified atom stereocenters. The van der Waals surface area contributed by atoms with Gasteiger partial charge in [0.05, 0.1) is 0 Å². The first-order chi connectivity index (χ1) is 5.20. The summed E-state index contributed by atoms with van der Waals surface area (Å²) in [4.78, 5) is 13.2. The zero-order valence-corrected chi connectivity index (χ0v) is 7.26. The zero-order chi connectivity index (χ0) is 8.43. The highest BCUT2D eigenvalue weighted by atomic mass is 16.2. The summed E-state index contributed by atoms with van der Waals surface area (Å²) in [5.41, 5.74) is 0.990. The highest BCUT2D eigenvalue weighted by Gasteiger charge is 2.31. The SMILES string of the molecule is C=C1CC(CC)C(=O)N1CC. The summed E-state index contributed by atoms with van der Waals surface area (Å²) in [6, 6.07) is 0. The van der Waals surface area contributed by atoms with Crippen LogP contribution in [-0.2, 0) is 4.79 Å². The van der Waals surface area contributed by atoms with E-state index in [0.717, 1.165) is 25.1 Å². The molecule has 1 aliphatic rings. The van der Waals surface area contributed by atoms with Crippen LogP contribution in [0.25, 0.3) is 0 Å². The fraction of sp³-hybridized carbons (Fsp3) is 0.667. The summed E-state index contributed by atoms with van der Waals surface area (Å²) in [7, 11) is 0. The van der Waals surface area contributed by atoms with E-state index >= 15 is 0 Å². The molecule has 0 N–H and O–H groups in total. The first kappa shape index (κ1) is 8.31. The molecule has 1 fully saturated rings. The molecule has 0 aromatic carbocycles. The Morgan fingerprint density at radius 1 is 1.64 bits per heavy atom. The maximum absolute atomic E-state index is 11.4. The van der Waals surface area contributed by atoms with Crippen molar-refractivity contribution in [1.82, 2.24) is 4.90 Å². The molecule has 11 heavy (non-hydrogen) atoms. The molecule has 2 nitrogen and oxygen atoms in total. The lowest BCUT2D eigenvalue weighted by molar-refractivity contribution is -0.130. The number of likely N-dealkylation sites (tertiary alicyclic amines) is 1. The summed E-state index contributed by atoms with van der Waals surface area (Å²) in [5.74, 6) is 0.474. The van der Waals surface area contributed by atoms with Crippen molar-refractivity contribution < 1.29 is 4.79 Å². The number of amides is 1. The van der Waals surface area contributed by atoms with Crippen LogP contribution in [0, 0.1) is 5.92 Å². The molecule has 0 aliphatic carbocycles. The van der Waals surface area contributed by atoms with Crippen LogP contribution in [0.4, 0.5) is 0 Å². The summed E-state index contributed by atoms with van der Waals surface area (Å²) in [5, 5.41) is 0. The molecule has 1 atom stereocenters. The molecule has 0 aromatic rings. The molecule has 1 amide bonds. The second-order valence-corrected chi connectivity index (χ2v) is 2.96. The second kappa shape index (κ2) is 3.07. The van der Waals surface area contributed by atoms with Gasteiger partial charge in [-0.15, -0.1) is 0 Å². The van der Waals surface area contributed by atoms with Crippen LogP contribution in [0.2, 0.25) is 0 Å². The fourth-order valence-electron chi connectivity index (χ4n) is 1.56. The fourth-order valence-corrected chi connectivity index (χ4v) is 1.56. The van der Waals surface area contributed by atoms with Crippen LogP contribution in [0.3, 0.4) is 0 Å².